The van der Waals surface area contributed by atoms with Gasteiger partial charge in [0.1, 0.15) is 0 Å². The molecule has 7 heteroatoms. The largest absolute Gasteiger partial charge is 0.465 e. The Morgan fingerprint density at radius 3 is 2.67 bits per heavy atom. The molecule has 3 aromatic rings. The number of aromatic nitrogens is 2. The van der Waals surface area contributed by atoms with Crippen LogP contribution in [0.15, 0.2) is 66.1 Å². The van der Waals surface area contributed by atoms with Gasteiger partial charge in [-0.2, -0.15) is 0 Å². The van der Waals surface area contributed by atoms with Crippen LogP contribution >= 0.6 is 11.8 Å². The quantitative estimate of drug-likeness (QED) is 0.521. The van der Waals surface area contributed by atoms with E-state index in [1.165, 1.54) is 18.9 Å². The van der Waals surface area contributed by atoms with Crippen molar-refractivity contribution in [2.24, 2.45) is 0 Å². The number of rotatable bonds is 6. The summed E-state index contributed by atoms with van der Waals surface area (Å²) < 4.78 is 6.61. The van der Waals surface area contributed by atoms with E-state index in [4.69, 9.17) is 0 Å². The number of esters is 1. The van der Waals surface area contributed by atoms with E-state index in [1.807, 2.05) is 35.9 Å². The molecule has 138 valence electrons. The number of hydrogen-bond acceptors (Lipinski definition) is 5. The van der Waals surface area contributed by atoms with E-state index in [9.17, 15) is 9.59 Å². The third-order valence-corrected chi connectivity index (χ3v) is 4.78. The molecule has 27 heavy (non-hydrogen) atoms. The molecular formula is C20H19N3O3S. The highest BCUT2D eigenvalue weighted by molar-refractivity contribution is 7.99. The summed E-state index contributed by atoms with van der Waals surface area (Å²) in [6, 6.07) is 14.6. The van der Waals surface area contributed by atoms with Crippen LogP contribution < -0.4 is 5.32 Å². The van der Waals surface area contributed by atoms with Gasteiger partial charge in [0.15, 0.2) is 5.16 Å². The first-order chi connectivity index (χ1) is 13.1. The summed E-state index contributed by atoms with van der Waals surface area (Å²) in [6.07, 6.45) is 3.59. The van der Waals surface area contributed by atoms with Crippen molar-refractivity contribution in [2.75, 3.05) is 18.2 Å². The Bertz CT molecular complexity index is 951. The molecule has 6 nitrogen and oxygen atoms in total. The number of methoxy groups -OCH3 is 1. The Morgan fingerprint density at radius 1 is 1.19 bits per heavy atom. The van der Waals surface area contributed by atoms with Crippen molar-refractivity contribution >= 4 is 29.3 Å². The Morgan fingerprint density at radius 2 is 1.96 bits per heavy atom. The van der Waals surface area contributed by atoms with Crippen LogP contribution in [0.5, 0.6) is 0 Å². The molecule has 0 spiro atoms. The van der Waals surface area contributed by atoms with Gasteiger partial charge in [-0.15, -0.1) is 0 Å². The summed E-state index contributed by atoms with van der Waals surface area (Å²) in [5.41, 5.74) is 3.22. The predicted octanol–water partition coefficient (Wildman–Crippen LogP) is 3.70. The number of thioether (sulfide) groups is 1. The number of hydrogen-bond donors (Lipinski definition) is 1. The lowest BCUT2D eigenvalue weighted by Gasteiger charge is -2.09. The molecule has 0 unspecified atom stereocenters. The first-order valence-corrected chi connectivity index (χ1v) is 9.27. The highest BCUT2D eigenvalue weighted by Gasteiger charge is 2.10. The van der Waals surface area contributed by atoms with E-state index >= 15 is 0 Å². The third kappa shape index (κ3) is 4.77. The zero-order valence-electron chi connectivity index (χ0n) is 15.0. The van der Waals surface area contributed by atoms with Crippen LogP contribution in [0.4, 0.5) is 5.69 Å². The molecule has 0 bridgehead atoms. The fraction of sp³-hybridized carbons (Fsp3) is 0.150. The van der Waals surface area contributed by atoms with Crippen LogP contribution in [-0.4, -0.2) is 34.3 Å². The van der Waals surface area contributed by atoms with Crippen molar-refractivity contribution in [3.63, 3.8) is 0 Å². The standard InChI is InChI=1S/C20H19N3O3S/c1-14-4-3-5-17(12-14)23-11-10-21-20(23)27-13-18(24)22-16-8-6-15(7-9-16)19(25)26-2/h3-12H,13H2,1-2H3,(H,22,24). The SMILES string of the molecule is COC(=O)c1ccc(NC(=O)CSc2nccn2-c2cccc(C)c2)cc1. The molecule has 0 radical (unpaired) electrons. The third-order valence-electron chi connectivity index (χ3n) is 3.81. The Kier molecular flexibility index (Phi) is 5.93. The normalized spacial score (nSPS) is 10.4. The lowest BCUT2D eigenvalue weighted by molar-refractivity contribution is -0.113. The van der Waals surface area contributed by atoms with Gasteiger partial charge in [-0.3, -0.25) is 9.36 Å². The summed E-state index contributed by atoms with van der Waals surface area (Å²) in [4.78, 5) is 28.0. The lowest BCUT2D eigenvalue weighted by atomic mass is 10.2. The first-order valence-electron chi connectivity index (χ1n) is 8.28. The van der Waals surface area contributed by atoms with Gasteiger partial charge in [0, 0.05) is 23.8 Å². The molecule has 1 amide bonds. The fourth-order valence-corrected chi connectivity index (χ4v) is 3.28. The van der Waals surface area contributed by atoms with E-state index in [1.54, 1.807) is 30.5 Å². The van der Waals surface area contributed by atoms with E-state index in [-0.39, 0.29) is 11.7 Å². The van der Waals surface area contributed by atoms with E-state index < -0.39 is 5.97 Å². The number of nitrogens with one attached hydrogen (secondary N) is 1. The second-order valence-corrected chi connectivity index (χ2v) is 6.77. The molecule has 0 aliphatic heterocycles. The van der Waals surface area contributed by atoms with Crippen LogP contribution in [-0.2, 0) is 9.53 Å². The highest BCUT2D eigenvalue weighted by atomic mass is 32.2. The zero-order chi connectivity index (χ0) is 19.2. The van der Waals surface area contributed by atoms with Crippen molar-refractivity contribution in [1.29, 1.82) is 0 Å². The number of anilines is 1. The monoisotopic (exact) mass is 381 g/mol. The molecule has 0 atom stereocenters. The molecule has 1 aromatic heterocycles. The molecule has 0 saturated heterocycles. The molecule has 2 aromatic carbocycles. The van der Waals surface area contributed by atoms with Crippen LogP contribution in [0.25, 0.3) is 5.69 Å². The van der Waals surface area contributed by atoms with Gasteiger partial charge in [0.05, 0.1) is 18.4 Å². The number of carbonyl (C=O) groups is 2. The van der Waals surface area contributed by atoms with Gasteiger partial charge in [-0.25, -0.2) is 9.78 Å². The first kappa shape index (κ1) is 18.7. The van der Waals surface area contributed by atoms with Gasteiger partial charge in [-0.05, 0) is 48.9 Å². The summed E-state index contributed by atoms with van der Waals surface area (Å²) in [7, 11) is 1.33. The van der Waals surface area contributed by atoms with Crippen LogP contribution in [0, 0.1) is 6.92 Å². The van der Waals surface area contributed by atoms with Gasteiger partial charge in [0.2, 0.25) is 5.91 Å². The fourth-order valence-electron chi connectivity index (χ4n) is 2.51. The minimum absolute atomic E-state index is 0.149. The number of aryl methyl sites for hydroxylation is 1. The second-order valence-electron chi connectivity index (χ2n) is 5.82. The predicted molar refractivity (Wildman–Crippen MR) is 105 cm³/mol. The molecule has 3 rings (SSSR count). The smallest absolute Gasteiger partial charge is 0.337 e. The maximum atomic E-state index is 12.2. The summed E-state index contributed by atoms with van der Waals surface area (Å²) in [5.74, 6) is -0.335. The molecule has 0 fully saturated rings. The number of carbonyl (C=O) groups excluding carboxylic acids is 2. The summed E-state index contributed by atoms with van der Waals surface area (Å²) in [6.45, 7) is 2.03. The average Bonchev–Trinajstić information content (AvgIpc) is 3.15. The molecule has 1 N–H and O–H groups in total. The summed E-state index contributed by atoms with van der Waals surface area (Å²) in [5, 5.41) is 3.55. The maximum absolute atomic E-state index is 12.2. The Labute approximate surface area is 161 Å². The van der Waals surface area contributed by atoms with E-state index in [0.29, 0.717) is 11.3 Å². The van der Waals surface area contributed by atoms with Crippen molar-refractivity contribution < 1.29 is 14.3 Å². The second kappa shape index (κ2) is 8.55. The van der Waals surface area contributed by atoms with Gasteiger partial charge in [-0.1, -0.05) is 23.9 Å². The Hall–Kier alpha value is -3.06. The topological polar surface area (TPSA) is 73.2 Å². The molecular weight excluding hydrogens is 362 g/mol. The van der Waals surface area contributed by atoms with Crippen molar-refractivity contribution in [2.45, 2.75) is 12.1 Å². The van der Waals surface area contributed by atoms with E-state index in [2.05, 4.69) is 21.1 Å². The van der Waals surface area contributed by atoms with Crippen LogP contribution in [0.1, 0.15) is 15.9 Å². The van der Waals surface area contributed by atoms with E-state index in [0.717, 1.165) is 16.4 Å². The number of nitrogens with zero attached hydrogens (tertiary/aromatic N) is 2. The number of benzene rings is 2. The minimum Gasteiger partial charge on any atom is -0.465 e. The minimum atomic E-state index is -0.411. The van der Waals surface area contributed by atoms with Crippen LogP contribution in [0.3, 0.4) is 0 Å². The van der Waals surface area contributed by atoms with Crippen LogP contribution in [0.2, 0.25) is 0 Å². The summed E-state index contributed by atoms with van der Waals surface area (Å²) >= 11 is 1.36. The molecule has 0 aliphatic carbocycles. The molecule has 0 aliphatic rings. The highest BCUT2D eigenvalue weighted by Crippen LogP contribution is 2.21. The number of imidazole rings is 1. The maximum Gasteiger partial charge on any atom is 0.337 e. The van der Waals surface area contributed by atoms with Crippen molar-refractivity contribution in [1.82, 2.24) is 9.55 Å². The van der Waals surface area contributed by atoms with Crippen molar-refractivity contribution in [3.8, 4) is 5.69 Å². The molecule has 1 heterocycles. The molecule has 0 saturated carbocycles. The number of amides is 1. The Balaban J connectivity index is 1.60. The van der Waals surface area contributed by atoms with Crippen molar-refractivity contribution in [3.05, 3.63) is 72.1 Å². The van der Waals surface area contributed by atoms with Gasteiger partial charge in [0.25, 0.3) is 0 Å². The lowest BCUT2D eigenvalue weighted by Crippen LogP contribution is -2.14. The number of ether oxygens (including phenoxy) is 1. The average molecular weight is 381 g/mol. The zero-order valence-corrected chi connectivity index (χ0v) is 15.8. The van der Waals surface area contributed by atoms with Gasteiger partial charge < -0.3 is 10.1 Å². The van der Waals surface area contributed by atoms with Gasteiger partial charge >= 0.3 is 5.97 Å².